The summed E-state index contributed by atoms with van der Waals surface area (Å²) in [6.07, 6.45) is -0.635. The third-order valence-corrected chi connectivity index (χ3v) is 4.63. The number of nitrogens with zero attached hydrogens (tertiary/aromatic N) is 5. The van der Waals surface area contributed by atoms with E-state index in [1.165, 1.54) is 24.4 Å². The Bertz CT molecular complexity index is 1140. The zero-order valence-electron chi connectivity index (χ0n) is 15.7. The van der Waals surface area contributed by atoms with E-state index in [4.69, 9.17) is 0 Å². The monoisotopic (exact) mass is 398 g/mol. The zero-order valence-corrected chi connectivity index (χ0v) is 15.7. The summed E-state index contributed by atoms with van der Waals surface area (Å²) in [5.41, 5.74) is 0.448. The summed E-state index contributed by atoms with van der Waals surface area (Å²) >= 11 is 0. The van der Waals surface area contributed by atoms with Crippen LogP contribution in [0, 0.1) is 0 Å². The van der Waals surface area contributed by atoms with Gasteiger partial charge in [0.1, 0.15) is 5.82 Å². The van der Waals surface area contributed by atoms with E-state index in [0.29, 0.717) is 22.7 Å². The Morgan fingerprint density at radius 1 is 1.10 bits per heavy atom. The highest BCUT2D eigenvalue weighted by molar-refractivity contribution is 6.11. The molecule has 3 aromatic rings. The Labute approximate surface area is 164 Å². The summed E-state index contributed by atoms with van der Waals surface area (Å²) in [6.45, 7) is 3.89. The molecule has 0 radical (unpaired) electrons. The second-order valence-electron chi connectivity index (χ2n) is 6.59. The van der Waals surface area contributed by atoms with Crippen molar-refractivity contribution in [3.8, 4) is 11.4 Å². The van der Waals surface area contributed by atoms with Crippen molar-refractivity contribution in [3.63, 3.8) is 0 Å². The van der Waals surface area contributed by atoms with E-state index in [1.54, 1.807) is 12.3 Å². The van der Waals surface area contributed by atoms with Gasteiger partial charge >= 0.3 is 6.18 Å². The van der Waals surface area contributed by atoms with Crippen molar-refractivity contribution < 1.29 is 13.2 Å². The van der Waals surface area contributed by atoms with Crippen LogP contribution in [0.4, 0.5) is 19.0 Å². The van der Waals surface area contributed by atoms with E-state index in [1.807, 2.05) is 13.8 Å². The summed E-state index contributed by atoms with van der Waals surface area (Å²) in [5.74, 6) is 0.640. The molecule has 0 fully saturated rings. The molecule has 9 heteroatoms. The van der Waals surface area contributed by atoms with Crippen molar-refractivity contribution in [2.45, 2.75) is 32.5 Å². The number of guanidine groups is 1. The minimum Gasteiger partial charge on any atom is -0.308 e. The quantitative estimate of drug-likeness (QED) is 0.692. The lowest BCUT2D eigenvalue weighted by atomic mass is 10.1. The van der Waals surface area contributed by atoms with Crippen LogP contribution in [0.2, 0.25) is 0 Å². The van der Waals surface area contributed by atoms with Crippen LogP contribution in [-0.4, -0.2) is 32.7 Å². The maximum atomic E-state index is 13.5. The largest absolute Gasteiger partial charge is 0.417 e. The number of rotatable bonds is 3. The van der Waals surface area contributed by atoms with E-state index < -0.39 is 11.7 Å². The maximum Gasteiger partial charge on any atom is 0.417 e. The van der Waals surface area contributed by atoms with Gasteiger partial charge in [0, 0.05) is 23.7 Å². The Morgan fingerprint density at radius 2 is 1.90 bits per heavy atom. The van der Waals surface area contributed by atoms with Crippen molar-refractivity contribution in [3.05, 3.63) is 48.3 Å². The van der Waals surface area contributed by atoms with Gasteiger partial charge in [0.25, 0.3) is 0 Å². The molecule has 1 N–H and O–H groups in total. The molecule has 1 unspecified atom stereocenters. The first kappa shape index (κ1) is 19.0. The fourth-order valence-corrected chi connectivity index (χ4v) is 3.18. The van der Waals surface area contributed by atoms with Crippen LogP contribution in [0.3, 0.4) is 0 Å². The van der Waals surface area contributed by atoms with Crippen LogP contribution in [0.25, 0.3) is 22.3 Å². The number of pyridine rings is 1. The number of aromatic nitrogens is 3. The fraction of sp³-hybridized carbons (Fsp3) is 0.250. The average Bonchev–Trinajstić information content (AvgIpc) is 3.06. The Hall–Kier alpha value is -3.36. The van der Waals surface area contributed by atoms with E-state index in [0.717, 1.165) is 18.2 Å². The highest BCUT2D eigenvalue weighted by Crippen LogP contribution is 2.36. The Balaban J connectivity index is 1.85. The van der Waals surface area contributed by atoms with Crippen LogP contribution < -0.4 is 5.32 Å². The summed E-state index contributed by atoms with van der Waals surface area (Å²) in [5, 5.41) is 3.60. The van der Waals surface area contributed by atoms with Crippen molar-refractivity contribution >= 4 is 28.4 Å². The maximum absolute atomic E-state index is 13.5. The minimum atomic E-state index is -4.52. The van der Waals surface area contributed by atoms with Gasteiger partial charge < -0.3 is 5.32 Å². The number of benzene rings is 1. The number of fused-ring (bicyclic) bond motifs is 1. The highest BCUT2D eigenvalue weighted by Gasteiger charge is 2.34. The van der Waals surface area contributed by atoms with Gasteiger partial charge in [-0.25, -0.2) is 20.0 Å². The first-order valence-electron chi connectivity index (χ1n) is 9.05. The van der Waals surface area contributed by atoms with E-state index in [9.17, 15) is 13.2 Å². The standard InChI is InChI=1S/C20H17F3N6/c1-3-15-11(2)25-19(27-15)29-18-13-10-24-9-8-16(13)26-17(28-18)12-6-4-5-7-14(12)20(21,22)23/h4-10,15H,3H2,1-2H3,(H,26,27,28,29). The lowest BCUT2D eigenvalue weighted by molar-refractivity contribution is -0.137. The molecule has 6 nitrogen and oxygen atoms in total. The number of hydrogen-bond donors (Lipinski definition) is 1. The molecule has 148 valence electrons. The van der Waals surface area contributed by atoms with Crippen molar-refractivity contribution in [2.24, 2.45) is 9.98 Å². The minimum absolute atomic E-state index is 0.0193. The second-order valence-corrected chi connectivity index (χ2v) is 6.59. The normalized spacial score (nSPS) is 16.7. The van der Waals surface area contributed by atoms with Gasteiger partial charge in [0.15, 0.2) is 5.82 Å². The Kier molecular flexibility index (Phi) is 4.73. The third kappa shape index (κ3) is 3.67. The average molecular weight is 398 g/mol. The first-order valence-corrected chi connectivity index (χ1v) is 9.05. The Morgan fingerprint density at radius 3 is 2.62 bits per heavy atom. The van der Waals surface area contributed by atoms with E-state index in [2.05, 4.69) is 30.3 Å². The third-order valence-electron chi connectivity index (χ3n) is 4.63. The van der Waals surface area contributed by atoms with Gasteiger partial charge in [0.2, 0.25) is 5.96 Å². The van der Waals surface area contributed by atoms with Gasteiger partial charge in [-0.1, -0.05) is 25.1 Å². The molecule has 3 heterocycles. The molecule has 2 aromatic heterocycles. The molecule has 0 aliphatic carbocycles. The number of nitrogens with one attached hydrogen (secondary N) is 1. The first-order chi connectivity index (χ1) is 13.9. The molecule has 29 heavy (non-hydrogen) atoms. The number of alkyl halides is 3. The molecule has 0 amide bonds. The second kappa shape index (κ2) is 7.23. The summed E-state index contributed by atoms with van der Waals surface area (Å²) in [4.78, 5) is 21.7. The number of hydrogen-bond acceptors (Lipinski definition) is 6. The summed E-state index contributed by atoms with van der Waals surface area (Å²) < 4.78 is 40.4. The van der Waals surface area contributed by atoms with Crippen LogP contribution in [0.1, 0.15) is 25.8 Å². The number of halogens is 3. The smallest absolute Gasteiger partial charge is 0.308 e. The predicted octanol–water partition coefficient (Wildman–Crippen LogP) is 4.73. The molecule has 0 bridgehead atoms. The molecule has 0 saturated heterocycles. The molecule has 0 saturated carbocycles. The SMILES string of the molecule is CCC1N=C(Nc2nc(-c3ccccc3C(F)(F)F)nc3ccncc23)N=C1C. The molecular weight excluding hydrogens is 381 g/mol. The summed E-state index contributed by atoms with van der Waals surface area (Å²) in [7, 11) is 0. The van der Waals surface area contributed by atoms with Crippen LogP contribution in [0.15, 0.2) is 52.7 Å². The molecule has 1 aliphatic heterocycles. The van der Waals surface area contributed by atoms with E-state index >= 15 is 0 Å². The summed E-state index contributed by atoms with van der Waals surface area (Å²) in [6, 6.07) is 6.85. The van der Waals surface area contributed by atoms with Gasteiger partial charge in [-0.3, -0.25) is 4.98 Å². The van der Waals surface area contributed by atoms with E-state index in [-0.39, 0.29) is 17.4 Å². The van der Waals surface area contributed by atoms with Gasteiger partial charge in [-0.05, 0) is 25.5 Å². The van der Waals surface area contributed by atoms with Gasteiger partial charge in [0.05, 0.1) is 22.5 Å². The molecule has 0 spiro atoms. The molecule has 1 aliphatic rings. The molecule has 1 atom stereocenters. The molecule has 4 rings (SSSR count). The van der Waals surface area contributed by atoms with Crippen molar-refractivity contribution in [1.29, 1.82) is 0 Å². The van der Waals surface area contributed by atoms with Crippen LogP contribution in [-0.2, 0) is 6.18 Å². The predicted molar refractivity (Wildman–Crippen MR) is 106 cm³/mol. The van der Waals surface area contributed by atoms with Gasteiger partial charge in [-0.2, -0.15) is 13.2 Å². The lowest BCUT2D eigenvalue weighted by Crippen LogP contribution is -2.12. The topological polar surface area (TPSA) is 75.4 Å². The number of aliphatic imine (C=N–C) groups is 2. The van der Waals surface area contributed by atoms with Crippen molar-refractivity contribution in [2.75, 3.05) is 5.32 Å². The fourth-order valence-electron chi connectivity index (χ4n) is 3.18. The number of anilines is 1. The zero-order chi connectivity index (χ0) is 20.6. The molecular formula is C20H17F3N6. The van der Waals surface area contributed by atoms with Gasteiger partial charge in [-0.15, -0.1) is 0 Å². The molecule has 1 aromatic carbocycles. The van der Waals surface area contributed by atoms with Crippen LogP contribution >= 0.6 is 0 Å². The highest BCUT2D eigenvalue weighted by atomic mass is 19.4. The lowest BCUT2D eigenvalue weighted by Gasteiger charge is -2.14. The van der Waals surface area contributed by atoms with Crippen LogP contribution in [0.5, 0.6) is 0 Å². The van der Waals surface area contributed by atoms with Crippen molar-refractivity contribution in [1.82, 2.24) is 15.0 Å².